The van der Waals surface area contributed by atoms with Gasteiger partial charge in [0.1, 0.15) is 0 Å². The van der Waals surface area contributed by atoms with Crippen LogP contribution in [0.4, 0.5) is 0 Å². The van der Waals surface area contributed by atoms with Crippen molar-refractivity contribution in [3.8, 4) is 0 Å². The van der Waals surface area contributed by atoms with Crippen LogP contribution in [-0.4, -0.2) is 50.6 Å². The van der Waals surface area contributed by atoms with Crippen molar-refractivity contribution in [2.45, 2.75) is 25.8 Å². The maximum Gasteiger partial charge on any atom is 0.224 e. The molecule has 1 saturated heterocycles. The quantitative estimate of drug-likeness (QED) is 0.694. The number of likely N-dealkylation sites (N-methyl/N-ethyl adjacent to an activating group) is 1. The second kappa shape index (κ2) is 6.08. The van der Waals surface area contributed by atoms with Gasteiger partial charge in [-0.15, -0.1) is 0 Å². The van der Waals surface area contributed by atoms with Gasteiger partial charge < -0.3 is 15.5 Å². The number of piperidine rings is 1. The first-order valence-electron chi connectivity index (χ1n) is 5.77. The van der Waals surface area contributed by atoms with Gasteiger partial charge in [0.25, 0.3) is 0 Å². The average molecular weight is 213 g/mol. The van der Waals surface area contributed by atoms with Gasteiger partial charge in [-0.25, -0.2) is 0 Å². The number of carbonyl (C=O) groups excluding carboxylic acids is 1. The summed E-state index contributed by atoms with van der Waals surface area (Å²) < 4.78 is 0. The predicted octanol–water partition coefficient (Wildman–Crippen LogP) is 0.0523. The van der Waals surface area contributed by atoms with Crippen LogP contribution in [0.2, 0.25) is 0 Å². The minimum atomic E-state index is 0.154. The smallest absolute Gasteiger partial charge is 0.224 e. The van der Waals surface area contributed by atoms with Gasteiger partial charge in [0.05, 0.1) is 5.92 Å². The zero-order valence-electron chi connectivity index (χ0n) is 10.0. The lowest BCUT2D eigenvalue weighted by molar-refractivity contribution is -0.126. The Morgan fingerprint density at radius 3 is 2.87 bits per heavy atom. The van der Waals surface area contributed by atoms with Gasteiger partial charge >= 0.3 is 0 Å². The van der Waals surface area contributed by atoms with E-state index in [-0.39, 0.29) is 11.8 Å². The minimum absolute atomic E-state index is 0.154. The van der Waals surface area contributed by atoms with E-state index in [1.165, 1.54) is 0 Å². The summed E-state index contributed by atoms with van der Waals surface area (Å²) in [7, 11) is 4.02. The van der Waals surface area contributed by atoms with Crippen molar-refractivity contribution in [1.29, 1.82) is 0 Å². The van der Waals surface area contributed by atoms with Crippen LogP contribution in [0.15, 0.2) is 0 Å². The van der Waals surface area contributed by atoms with Gasteiger partial charge in [-0.1, -0.05) is 0 Å². The fourth-order valence-corrected chi connectivity index (χ4v) is 1.94. The van der Waals surface area contributed by atoms with Crippen molar-refractivity contribution in [1.82, 2.24) is 15.5 Å². The molecule has 1 aliphatic heterocycles. The molecule has 0 saturated carbocycles. The molecular weight excluding hydrogens is 190 g/mol. The topological polar surface area (TPSA) is 44.4 Å². The fourth-order valence-electron chi connectivity index (χ4n) is 1.94. The van der Waals surface area contributed by atoms with E-state index in [1.807, 2.05) is 14.1 Å². The number of nitrogens with one attached hydrogen (secondary N) is 2. The Morgan fingerprint density at radius 1 is 1.53 bits per heavy atom. The molecule has 0 spiro atoms. The summed E-state index contributed by atoms with van der Waals surface area (Å²) in [6.07, 6.45) is 2.12. The van der Waals surface area contributed by atoms with E-state index in [2.05, 4.69) is 22.5 Å². The molecule has 1 rings (SSSR count). The largest absolute Gasteiger partial charge is 0.355 e. The highest BCUT2D eigenvalue weighted by atomic mass is 16.1. The first-order chi connectivity index (χ1) is 7.11. The van der Waals surface area contributed by atoms with Crippen molar-refractivity contribution >= 4 is 5.91 Å². The van der Waals surface area contributed by atoms with E-state index >= 15 is 0 Å². The second-order valence-corrected chi connectivity index (χ2v) is 4.59. The van der Waals surface area contributed by atoms with Gasteiger partial charge in [0, 0.05) is 19.1 Å². The predicted molar refractivity (Wildman–Crippen MR) is 61.8 cm³/mol. The van der Waals surface area contributed by atoms with Crippen molar-refractivity contribution in [2.75, 3.05) is 33.7 Å². The highest BCUT2D eigenvalue weighted by molar-refractivity contribution is 5.79. The summed E-state index contributed by atoms with van der Waals surface area (Å²) in [5.74, 6) is 0.359. The lowest BCUT2D eigenvalue weighted by Gasteiger charge is -2.29. The molecule has 1 aliphatic rings. The molecule has 1 heterocycles. The Hall–Kier alpha value is -0.610. The molecule has 2 atom stereocenters. The fraction of sp³-hybridized carbons (Fsp3) is 0.909. The van der Waals surface area contributed by atoms with Crippen molar-refractivity contribution in [2.24, 2.45) is 5.92 Å². The molecule has 0 aromatic heterocycles. The molecule has 88 valence electrons. The third kappa shape index (κ3) is 4.18. The maximum absolute atomic E-state index is 11.8. The van der Waals surface area contributed by atoms with Gasteiger partial charge in [0.15, 0.2) is 0 Å². The lowest BCUT2D eigenvalue weighted by atomic mass is 9.91. The number of amides is 1. The zero-order valence-corrected chi connectivity index (χ0v) is 10.0. The van der Waals surface area contributed by atoms with Crippen molar-refractivity contribution in [3.05, 3.63) is 0 Å². The SMILES string of the molecule is C[C@H]1NCCC[C@@H]1C(=O)NCCN(C)C. The molecule has 0 aromatic rings. The van der Waals surface area contributed by atoms with E-state index in [0.29, 0.717) is 6.04 Å². The van der Waals surface area contributed by atoms with Gasteiger partial charge in [0.2, 0.25) is 5.91 Å². The first kappa shape index (κ1) is 12.5. The number of nitrogens with zero attached hydrogens (tertiary/aromatic N) is 1. The highest BCUT2D eigenvalue weighted by Gasteiger charge is 2.26. The van der Waals surface area contributed by atoms with E-state index in [9.17, 15) is 4.79 Å². The summed E-state index contributed by atoms with van der Waals surface area (Å²) in [5.41, 5.74) is 0. The van der Waals surface area contributed by atoms with Crippen LogP contribution in [-0.2, 0) is 4.79 Å². The molecule has 0 aromatic carbocycles. The Balaban J connectivity index is 2.26. The normalized spacial score (nSPS) is 26.7. The number of carbonyl (C=O) groups is 1. The van der Waals surface area contributed by atoms with Crippen LogP contribution >= 0.6 is 0 Å². The summed E-state index contributed by atoms with van der Waals surface area (Å²) in [5, 5.41) is 6.33. The molecule has 2 N–H and O–H groups in total. The van der Waals surface area contributed by atoms with Gasteiger partial charge in [-0.2, -0.15) is 0 Å². The van der Waals surface area contributed by atoms with Crippen LogP contribution in [0, 0.1) is 5.92 Å². The van der Waals surface area contributed by atoms with Crippen LogP contribution < -0.4 is 10.6 Å². The van der Waals surface area contributed by atoms with E-state index < -0.39 is 0 Å². The molecule has 0 aliphatic carbocycles. The zero-order chi connectivity index (χ0) is 11.3. The number of hydrogen-bond acceptors (Lipinski definition) is 3. The van der Waals surface area contributed by atoms with Crippen LogP contribution in [0.25, 0.3) is 0 Å². The first-order valence-corrected chi connectivity index (χ1v) is 5.77. The maximum atomic E-state index is 11.8. The third-order valence-electron chi connectivity index (χ3n) is 2.96. The summed E-state index contributed by atoms with van der Waals surface area (Å²) >= 11 is 0. The molecule has 15 heavy (non-hydrogen) atoms. The van der Waals surface area contributed by atoms with Crippen LogP contribution in [0.3, 0.4) is 0 Å². The van der Waals surface area contributed by atoms with E-state index in [1.54, 1.807) is 0 Å². The molecule has 4 heteroatoms. The monoisotopic (exact) mass is 213 g/mol. The van der Waals surface area contributed by atoms with E-state index in [4.69, 9.17) is 0 Å². The summed E-state index contributed by atoms with van der Waals surface area (Å²) in [6.45, 7) is 4.79. The standard InChI is InChI=1S/C11H23N3O/c1-9-10(5-4-6-12-9)11(15)13-7-8-14(2)3/h9-10,12H,4-8H2,1-3H3,(H,13,15)/t9-,10+/m1/s1. The summed E-state index contributed by atoms with van der Waals surface area (Å²) in [4.78, 5) is 13.9. The number of hydrogen-bond donors (Lipinski definition) is 2. The Labute approximate surface area is 92.4 Å². The average Bonchev–Trinajstić information content (AvgIpc) is 2.17. The van der Waals surface area contributed by atoms with Crippen LogP contribution in [0.5, 0.6) is 0 Å². The summed E-state index contributed by atoms with van der Waals surface area (Å²) in [6, 6.07) is 0.318. The van der Waals surface area contributed by atoms with E-state index in [0.717, 1.165) is 32.5 Å². The van der Waals surface area contributed by atoms with Crippen molar-refractivity contribution in [3.63, 3.8) is 0 Å². The Morgan fingerprint density at radius 2 is 2.27 bits per heavy atom. The molecular formula is C11H23N3O. The van der Waals surface area contributed by atoms with Gasteiger partial charge in [-0.3, -0.25) is 4.79 Å². The second-order valence-electron chi connectivity index (χ2n) is 4.59. The minimum Gasteiger partial charge on any atom is -0.355 e. The van der Waals surface area contributed by atoms with Gasteiger partial charge in [-0.05, 0) is 40.4 Å². The third-order valence-corrected chi connectivity index (χ3v) is 2.96. The Bertz CT molecular complexity index is 206. The van der Waals surface area contributed by atoms with Crippen LogP contribution in [0.1, 0.15) is 19.8 Å². The lowest BCUT2D eigenvalue weighted by Crippen LogP contribution is -2.47. The molecule has 1 amide bonds. The molecule has 0 radical (unpaired) electrons. The van der Waals surface area contributed by atoms with Crippen molar-refractivity contribution < 1.29 is 4.79 Å². The molecule has 0 bridgehead atoms. The molecule has 0 unspecified atom stereocenters. The molecule has 1 fully saturated rings. The number of rotatable bonds is 4. The highest BCUT2D eigenvalue weighted by Crippen LogP contribution is 2.15. The Kier molecular flexibility index (Phi) is 5.05. The molecule has 4 nitrogen and oxygen atoms in total.